The molecule has 0 aliphatic carbocycles. The fourth-order valence-corrected chi connectivity index (χ4v) is 6.40. The van der Waals surface area contributed by atoms with E-state index in [2.05, 4.69) is 25.2 Å². The van der Waals surface area contributed by atoms with Crippen molar-refractivity contribution in [3.8, 4) is 5.75 Å². The van der Waals surface area contributed by atoms with Crippen LogP contribution in [0.3, 0.4) is 0 Å². The van der Waals surface area contributed by atoms with Crippen LogP contribution < -0.4 is 17.0 Å². The first-order chi connectivity index (χ1) is 18.2. The van der Waals surface area contributed by atoms with E-state index in [4.69, 9.17) is 28.4 Å². The van der Waals surface area contributed by atoms with E-state index in [9.17, 15) is 19.5 Å². The number of nitrogens with one attached hydrogen (secondary N) is 2. The third-order valence-corrected chi connectivity index (χ3v) is 8.07. The van der Waals surface area contributed by atoms with Crippen molar-refractivity contribution in [2.75, 3.05) is 18.1 Å². The van der Waals surface area contributed by atoms with Crippen LogP contribution in [-0.4, -0.2) is 38.4 Å². The molecule has 0 bridgehead atoms. The summed E-state index contributed by atoms with van der Waals surface area (Å²) in [5, 5.41) is 19.0. The number of azo groups is 1. The number of thiophene rings is 2. The number of ether oxygens (including phenoxy) is 1. The second-order valence-corrected chi connectivity index (χ2v) is 10.4. The predicted molar refractivity (Wildman–Crippen MR) is 148 cm³/mol. The van der Waals surface area contributed by atoms with E-state index in [0.717, 1.165) is 22.7 Å². The van der Waals surface area contributed by atoms with Gasteiger partial charge in [0.2, 0.25) is 5.78 Å². The molecule has 38 heavy (non-hydrogen) atoms. The van der Waals surface area contributed by atoms with Crippen LogP contribution >= 0.6 is 34.9 Å². The van der Waals surface area contributed by atoms with Gasteiger partial charge in [0.05, 0.1) is 21.7 Å². The molecule has 5 rings (SSSR count). The number of hydrogen-bond donors (Lipinski definition) is 5. The Balaban J connectivity index is 1.68. The van der Waals surface area contributed by atoms with Gasteiger partial charge in [-0.2, -0.15) is 0 Å². The summed E-state index contributed by atoms with van der Waals surface area (Å²) in [6, 6.07) is 6.21. The van der Waals surface area contributed by atoms with Gasteiger partial charge in [-0.05, 0) is 37.3 Å². The van der Waals surface area contributed by atoms with Gasteiger partial charge in [-0.1, -0.05) is 6.07 Å². The van der Waals surface area contributed by atoms with E-state index in [1.807, 2.05) is 0 Å². The van der Waals surface area contributed by atoms with Crippen LogP contribution in [0.15, 0.2) is 45.5 Å². The smallest absolute Gasteiger partial charge is 0.350 e. The highest BCUT2D eigenvalue weighted by atomic mass is 32.2. The van der Waals surface area contributed by atoms with Gasteiger partial charge in [0.15, 0.2) is 10.5 Å². The number of phenols is 1. The highest BCUT2D eigenvalue weighted by Gasteiger charge is 2.28. The first-order valence-electron chi connectivity index (χ1n) is 10.9. The van der Waals surface area contributed by atoms with Gasteiger partial charge in [0.25, 0.3) is 5.56 Å². The van der Waals surface area contributed by atoms with Crippen LogP contribution in [0.1, 0.15) is 31.8 Å². The highest BCUT2D eigenvalue weighted by molar-refractivity contribution is 7.71. The lowest BCUT2D eigenvalue weighted by atomic mass is 10.0. The van der Waals surface area contributed by atoms with E-state index < -0.39 is 17.3 Å². The zero-order chi connectivity index (χ0) is 27.1. The number of benzene rings is 1. The minimum Gasteiger partial charge on any atom is -0.506 e. The number of H-pyrrole nitrogens is 2. The zero-order valence-corrected chi connectivity index (χ0v) is 21.8. The molecule has 15 heteroatoms. The molecule has 0 amide bonds. The number of hydrogen-bond acceptors (Lipinski definition) is 13. The molecular formula is C23H17N7O5S3. The minimum absolute atomic E-state index is 0.0128. The van der Waals surface area contributed by atoms with Crippen molar-refractivity contribution in [2.24, 2.45) is 10.2 Å². The summed E-state index contributed by atoms with van der Waals surface area (Å²) >= 11 is 7.01. The van der Waals surface area contributed by atoms with Crippen LogP contribution in [0, 0.1) is 4.77 Å². The number of esters is 1. The lowest BCUT2D eigenvalue weighted by Crippen LogP contribution is -2.09. The number of carbonyl (C=O) groups is 2. The Morgan fingerprint density at radius 1 is 1.13 bits per heavy atom. The standard InChI is InChI=1S/C23H17N7O5S3/c1-2-35-21(34)18-14(29-30-15-19(25)27-23(36)28-20(15)33)11-12(24)17(37-22(11)38-18)16(32)9-5-6-10(31)13-8(9)4-3-7-26-13/h3-7,31H,2,24H2,1H3,(H4,25,27,28,33,36). The normalized spacial score (nSPS) is 11.5. The van der Waals surface area contributed by atoms with Crippen LogP contribution in [0.5, 0.6) is 5.75 Å². The fraction of sp³-hybridized carbons (Fsp3) is 0.0870. The molecule has 4 heterocycles. The Morgan fingerprint density at radius 3 is 2.61 bits per heavy atom. The quantitative estimate of drug-likeness (QED) is 0.0814. The van der Waals surface area contributed by atoms with E-state index >= 15 is 0 Å². The number of aromatic amines is 2. The van der Waals surface area contributed by atoms with Crippen LogP contribution in [0.4, 0.5) is 22.9 Å². The molecular weight excluding hydrogens is 550 g/mol. The van der Waals surface area contributed by atoms with Gasteiger partial charge in [0, 0.05) is 17.1 Å². The molecule has 5 aromatic rings. The molecule has 0 radical (unpaired) electrons. The number of pyridine rings is 1. The molecule has 0 unspecified atom stereocenters. The maximum Gasteiger partial charge on any atom is 0.350 e. The molecule has 0 spiro atoms. The highest BCUT2D eigenvalue weighted by Crippen LogP contribution is 2.49. The van der Waals surface area contributed by atoms with Crippen molar-refractivity contribution >= 4 is 89.8 Å². The number of carbonyl (C=O) groups excluding carboxylic acids is 2. The summed E-state index contributed by atoms with van der Waals surface area (Å²) in [4.78, 5) is 48.0. The second-order valence-electron chi connectivity index (χ2n) is 7.74. The summed E-state index contributed by atoms with van der Waals surface area (Å²) in [7, 11) is 0. The summed E-state index contributed by atoms with van der Waals surface area (Å²) in [5.41, 5.74) is 12.0. The first kappa shape index (κ1) is 25.2. The topological polar surface area (TPSA) is 202 Å². The van der Waals surface area contributed by atoms with Gasteiger partial charge in [-0.15, -0.1) is 32.9 Å². The number of aromatic hydroxyl groups is 1. The first-order valence-corrected chi connectivity index (χ1v) is 12.9. The van der Waals surface area contributed by atoms with Crippen LogP contribution in [-0.2, 0) is 4.74 Å². The number of ketones is 1. The molecule has 0 saturated heterocycles. The Bertz CT molecular complexity index is 1920. The number of rotatable bonds is 6. The summed E-state index contributed by atoms with van der Waals surface area (Å²) in [5.74, 6) is -1.24. The number of fused-ring (bicyclic) bond motifs is 2. The van der Waals surface area contributed by atoms with Crippen molar-refractivity contribution in [3.05, 3.63) is 60.9 Å². The summed E-state index contributed by atoms with van der Waals surface area (Å²) in [6.45, 7) is 1.77. The molecule has 0 aliphatic rings. The SMILES string of the molecule is CCOC(=O)c1sc2sc(C(=O)c3ccc(O)c4ncccc34)c(N)c2c1N=Nc1c(N)[nH]c(=S)[nH]c1=O. The van der Waals surface area contributed by atoms with Gasteiger partial charge in [-0.25, -0.2) is 4.79 Å². The van der Waals surface area contributed by atoms with Crippen LogP contribution in [0.2, 0.25) is 0 Å². The van der Waals surface area contributed by atoms with Crippen molar-refractivity contribution in [1.82, 2.24) is 15.0 Å². The van der Waals surface area contributed by atoms with Gasteiger partial charge < -0.3 is 26.3 Å². The maximum absolute atomic E-state index is 13.6. The Kier molecular flexibility index (Phi) is 6.48. The molecule has 0 fully saturated rings. The summed E-state index contributed by atoms with van der Waals surface area (Å²) < 4.78 is 5.69. The van der Waals surface area contributed by atoms with Crippen molar-refractivity contribution < 1.29 is 19.4 Å². The van der Waals surface area contributed by atoms with Crippen molar-refractivity contribution in [3.63, 3.8) is 0 Å². The molecule has 12 nitrogen and oxygen atoms in total. The number of nitrogens with zero attached hydrogens (tertiary/aromatic N) is 3. The lowest BCUT2D eigenvalue weighted by Gasteiger charge is -2.06. The minimum atomic E-state index is -0.680. The van der Waals surface area contributed by atoms with Crippen molar-refractivity contribution in [2.45, 2.75) is 6.92 Å². The third kappa shape index (κ3) is 4.21. The number of anilines is 2. The summed E-state index contributed by atoms with van der Waals surface area (Å²) in [6.07, 6.45) is 1.51. The molecule has 192 valence electrons. The molecule has 0 aliphatic heterocycles. The van der Waals surface area contributed by atoms with E-state index in [1.165, 1.54) is 18.3 Å². The Morgan fingerprint density at radius 2 is 1.87 bits per heavy atom. The van der Waals surface area contributed by atoms with Crippen molar-refractivity contribution in [1.29, 1.82) is 0 Å². The maximum atomic E-state index is 13.6. The largest absolute Gasteiger partial charge is 0.506 e. The van der Waals surface area contributed by atoms with Gasteiger partial charge >= 0.3 is 5.97 Å². The third-order valence-electron chi connectivity index (χ3n) is 5.41. The monoisotopic (exact) mass is 567 g/mol. The van der Waals surface area contributed by atoms with Crippen LogP contribution in [0.25, 0.3) is 20.3 Å². The fourth-order valence-electron chi connectivity index (χ4n) is 3.75. The molecule has 4 aromatic heterocycles. The lowest BCUT2D eigenvalue weighted by molar-refractivity contribution is 0.0533. The average Bonchev–Trinajstić information content (AvgIpc) is 3.40. The number of aromatic nitrogens is 3. The number of phenolic OH excluding ortho intramolecular Hbond substituents is 1. The molecule has 7 N–H and O–H groups in total. The van der Waals surface area contributed by atoms with E-state index in [-0.39, 0.29) is 55.3 Å². The van der Waals surface area contributed by atoms with Gasteiger partial charge in [-0.3, -0.25) is 19.6 Å². The number of nitrogens with two attached hydrogens (primary N) is 2. The van der Waals surface area contributed by atoms with E-state index in [1.54, 1.807) is 19.1 Å². The molecule has 0 atom stereocenters. The zero-order valence-electron chi connectivity index (χ0n) is 19.4. The Hall–Kier alpha value is -4.47. The average molecular weight is 568 g/mol. The van der Waals surface area contributed by atoms with Gasteiger partial charge in [0.1, 0.15) is 32.5 Å². The van der Waals surface area contributed by atoms with E-state index in [0.29, 0.717) is 20.3 Å². The second kappa shape index (κ2) is 9.77. The molecule has 0 saturated carbocycles. The Labute approximate surface area is 225 Å². The predicted octanol–water partition coefficient (Wildman–Crippen LogP) is 4.95. The number of nitrogen functional groups attached to an aromatic ring is 2. The molecule has 1 aromatic carbocycles.